The number of benzene rings is 2. The topological polar surface area (TPSA) is 115 Å². The van der Waals surface area contributed by atoms with Crippen molar-refractivity contribution in [3.05, 3.63) is 53.6 Å². The molecule has 29 heavy (non-hydrogen) atoms. The standard InChI is InChI=1S/C20H21N3O6/c1-4-29-16-10-5-13(11-17(16)27-2)12-21-23-19(25)18(24)22-15-8-6-14(7-9-15)20(26)28-3/h5-12H,4H2,1-3H3,(H,22,24)(H,23,25)/b21-12+. The first kappa shape index (κ1) is 21.4. The van der Waals surface area contributed by atoms with Crippen molar-refractivity contribution in [1.29, 1.82) is 0 Å². The van der Waals surface area contributed by atoms with E-state index in [4.69, 9.17) is 9.47 Å². The molecule has 9 nitrogen and oxygen atoms in total. The summed E-state index contributed by atoms with van der Waals surface area (Å²) in [4.78, 5) is 35.2. The number of hydrogen-bond acceptors (Lipinski definition) is 7. The zero-order valence-electron chi connectivity index (χ0n) is 16.2. The summed E-state index contributed by atoms with van der Waals surface area (Å²) in [6, 6.07) is 11.0. The molecule has 0 bridgehead atoms. The van der Waals surface area contributed by atoms with Gasteiger partial charge in [-0.2, -0.15) is 5.10 Å². The van der Waals surface area contributed by atoms with Gasteiger partial charge >= 0.3 is 17.8 Å². The van der Waals surface area contributed by atoms with Crippen LogP contribution in [0.3, 0.4) is 0 Å². The van der Waals surface area contributed by atoms with Crippen LogP contribution in [-0.4, -0.2) is 44.8 Å². The number of amides is 2. The first-order valence-electron chi connectivity index (χ1n) is 8.62. The maximum Gasteiger partial charge on any atom is 0.337 e. The Labute approximate surface area is 167 Å². The molecule has 0 spiro atoms. The second-order valence-corrected chi connectivity index (χ2v) is 5.57. The summed E-state index contributed by atoms with van der Waals surface area (Å²) in [5.74, 6) is -1.24. The lowest BCUT2D eigenvalue weighted by Crippen LogP contribution is -2.32. The van der Waals surface area contributed by atoms with E-state index in [-0.39, 0.29) is 0 Å². The number of hydrogen-bond donors (Lipinski definition) is 2. The minimum Gasteiger partial charge on any atom is -0.493 e. The summed E-state index contributed by atoms with van der Waals surface area (Å²) in [6.07, 6.45) is 1.37. The zero-order valence-corrected chi connectivity index (χ0v) is 16.2. The van der Waals surface area contributed by atoms with Gasteiger partial charge < -0.3 is 19.5 Å². The van der Waals surface area contributed by atoms with Crippen LogP contribution >= 0.6 is 0 Å². The van der Waals surface area contributed by atoms with Gasteiger partial charge in [0.2, 0.25) is 0 Å². The lowest BCUT2D eigenvalue weighted by atomic mass is 10.2. The van der Waals surface area contributed by atoms with Crippen LogP contribution in [0.1, 0.15) is 22.8 Å². The molecule has 0 heterocycles. The minimum absolute atomic E-state index is 0.324. The predicted octanol–water partition coefficient (Wildman–Crippen LogP) is 1.97. The highest BCUT2D eigenvalue weighted by Crippen LogP contribution is 2.27. The van der Waals surface area contributed by atoms with E-state index in [1.165, 1.54) is 44.7 Å². The maximum atomic E-state index is 11.9. The Kier molecular flexibility index (Phi) is 7.72. The molecule has 0 atom stereocenters. The van der Waals surface area contributed by atoms with Crippen molar-refractivity contribution in [3.63, 3.8) is 0 Å². The summed E-state index contributed by atoms with van der Waals surface area (Å²) >= 11 is 0. The molecule has 0 saturated heterocycles. The molecule has 2 aromatic carbocycles. The van der Waals surface area contributed by atoms with E-state index in [1.54, 1.807) is 18.2 Å². The number of nitrogens with zero attached hydrogens (tertiary/aromatic N) is 1. The highest BCUT2D eigenvalue weighted by Gasteiger charge is 2.13. The number of nitrogens with one attached hydrogen (secondary N) is 2. The zero-order chi connectivity index (χ0) is 21.2. The Bertz CT molecular complexity index is 909. The molecular weight excluding hydrogens is 378 g/mol. The lowest BCUT2D eigenvalue weighted by molar-refractivity contribution is -0.136. The molecule has 2 N–H and O–H groups in total. The van der Waals surface area contributed by atoms with E-state index in [0.717, 1.165) is 0 Å². The summed E-state index contributed by atoms with van der Waals surface area (Å²) in [6.45, 7) is 2.36. The average Bonchev–Trinajstić information content (AvgIpc) is 2.74. The second-order valence-electron chi connectivity index (χ2n) is 5.57. The molecular formula is C20H21N3O6. The van der Waals surface area contributed by atoms with Crippen LogP contribution in [0, 0.1) is 0 Å². The molecule has 152 valence electrons. The fraction of sp³-hybridized carbons (Fsp3) is 0.200. The number of rotatable bonds is 7. The lowest BCUT2D eigenvalue weighted by Gasteiger charge is -2.09. The Morgan fingerprint density at radius 2 is 1.72 bits per heavy atom. The minimum atomic E-state index is -0.948. The predicted molar refractivity (Wildman–Crippen MR) is 106 cm³/mol. The number of hydrazone groups is 1. The number of carbonyl (C=O) groups excluding carboxylic acids is 3. The number of carbonyl (C=O) groups is 3. The molecule has 0 saturated carbocycles. The highest BCUT2D eigenvalue weighted by molar-refractivity contribution is 6.39. The number of anilines is 1. The van der Waals surface area contributed by atoms with E-state index >= 15 is 0 Å². The van der Waals surface area contributed by atoms with Crippen LogP contribution in [0.25, 0.3) is 0 Å². The van der Waals surface area contributed by atoms with Crippen molar-refractivity contribution in [2.75, 3.05) is 26.1 Å². The van der Waals surface area contributed by atoms with Crippen LogP contribution in [0.5, 0.6) is 11.5 Å². The fourth-order valence-corrected chi connectivity index (χ4v) is 2.25. The molecule has 2 aromatic rings. The first-order chi connectivity index (χ1) is 14.0. The molecule has 9 heteroatoms. The van der Waals surface area contributed by atoms with Gasteiger partial charge in [-0.15, -0.1) is 0 Å². The molecule has 2 amide bonds. The Hall–Kier alpha value is -3.88. The third-order valence-electron chi connectivity index (χ3n) is 3.64. The molecule has 0 aliphatic rings. The van der Waals surface area contributed by atoms with Gasteiger partial charge in [0.1, 0.15) is 0 Å². The van der Waals surface area contributed by atoms with Crippen LogP contribution in [0.4, 0.5) is 5.69 Å². The van der Waals surface area contributed by atoms with Gasteiger partial charge in [0.05, 0.1) is 32.6 Å². The van der Waals surface area contributed by atoms with E-state index in [9.17, 15) is 14.4 Å². The normalized spacial score (nSPS) is 10.3. The quantitative estimate of drug-likeness (QED) is 0.318. The molecule has 0 aliphatic carbocycles. The average molecular weight is 399 g/mol. The van der Waals surface area contributed by atoms with E-state index in [0.29, 0.717) is 34.9 Å². The van der Waals surface area contributed by atoms with Crippen LogP contribution < -0.4 is 20.2 Å². The Morgan fingerprint density at radius 3 is 2.34 bits per heavy atom. The Balaban J connectivity index is 1.92. The SMILES string of the molecule is CCOc1ccc(/C=N/NC(=O)C(=O)Nc2ccc(C(=O)OC)cc2)cc1OC. The van der Waals surface area contributed by atoms with E-state index in [1.807, 2.05) is 6.92 Å². The van der Waals surface area contributed by atoms with Crippen molar-refractivity contribution < 1.29 is 28.6 Å². The summed E-state index contributed by atoms with van der Waals surface area (Å²) in [5.41, 5.74) is 3.45. The largest absolute Gasteiger partial charge is 0.493 e. The number of esters is 1. The summed E-state index contributed by atoms with van der Waals surface area (Å²) < 4.78 is 15.2. The monoisotopic (exact) mass is 399 g/mol. The van der Waals surface area contributed by atoms with Gasteiger partial charge in [-0.1, -0.05) is 0 Å². The van der Waals surface area contributed by atoms with Crippen LogP contribution in [0.2, 0.25) is 0 Å². The van der Waals surface area contributed by atoms with Gasteiger partial charge in [-0.05, 0) is 55.0 Å². The Morgan fingerprint density at radius 1 is 1.00 bits per heavy atom. The van der Waals surface area contributed by atoms with E-state index in [2.05, 4.69) is 20.6 Å². The number of ether oxygens (including phenoxy) is 3. The smallest absolute Gasteiger partial charge is 0.337 e. The fourth-order valence-electron chi connectivity index (χ4n) is 2.25. The highest BCUT2D eigenvalue weighted by atomic mass is 16.5. The third kappa shape index (κ3) is 6.06. The van der Waals surface area contributed by atoms with Gasteiger partial charge in [-0.3, -0.25) is 9.59 Å². The molecule has 0 aromatic heterocycles. The van der Waals surface area contributed by atoms with Gasteiger partial charge in [0, 0.05) is 5.69 Å². The second kappa shape index (κ2) is 10.5. The summed E-state index contributed by atoms with van der Waals surface area (Å²) in [7, 11) is 2.79. The molecule has 0 fully saturated rings. The van der Waals surface area contributed by atoms with Crippen LogP contribution in [0.15, 0.2) is 47.6 Å². The van der Waals surface area contributed by atoms with E-state index < -0.39 is 17.8 Å². The van der Waals surface area contributed by atoms with Crippen molar-refractivity contribution >= 4 is 29.7 Å². The summed E-state index contributed by atoms with van der Waals surface area (Å²) in [5, 5.41) is 6.16. The van der Waals surface area contributed by atoms with Crippen molar-refractivity contribution in [1.82, 2.24) is 5.43 Å². The first-order valence-corrected chi connectivity index (χ1v) is 8.62. The van der Waals surface area contributed by atoms with Crippen molar-refractivity contribution in [3.8, 4) is 11.5 Å². The molecule has 2 rings (SSSR count). The van der Waals surface area contributed by atoms with Gasteiger partial charge in [0.25, 0.3) is 0 Å². The molecule has 0 aliphatic heterocycles. The molecule has 0 radical (unpaired) electrons. The van der Waals surface area contributed by atoms with Crippen molar-refractivity contribution in [2.45, 2.75) is 6.92 Å². The molecule has 0 unspecified atom stereocenters. The van der Waals surface area contributed by atoms with Gasteiger partial charge in [-0.25, -0.2) is 10.2 Å². The number of methoxy groups -OCH3 is 2. The maximum absolute atomic E-state index is 11.9. The van der Waals surface area contributed by atoms with Gasteiger partial charge in [0.15, 0.2) is 11.5 Å². The van der Waals surface area contributed by atoms with Crippen LogP contribution in [-0.2, 0) is 14.3 Å². The third-order valence-corrected chi connectivity index (χ3v) is 3.64. The van der Waals surface area contributed by atoms with Crippen molar-refractivity contribution in [2.24, 2.45) is 5.10 Å².